The summed E-state index contributed by atoms with van der Waals surface area (Å²) in [4.78, 5) is 23.8. The molecule has 1 heterocycles. The first kappa shape index (κ1) is 10.9. The van der Waals surface area contributed by atoms with Crippen LogP contribution in [0.5, 0.6) is 0 Å². The van der Waals surface area contributed by atoms with Gasteiger partial charge in [-0.05, 0) is 19.8 Å². The van der Waals surface area contributed by atoms with Crippen LogP contribution in [0.1, 0.15) is 24.6 Å². The zero-order valence-corrected chi connectivity index (χ0v) is 9.91. The van der Waals surface area contributed by atoms with E-state index in [0.717, 1.165) is 24.1 Å². The molecule has 0 saturated heterocycles. The van der Waals surface area contributed by atoms with Crippen molar-refractivity contribution in [3.05, 3.63) is 43.7 Å². The van der Waals surface area contributed by atoms with Crippen molar-refractivity contribution in [3.8, 4) is 0 Å². The van der Waals surface area contributed by atoms with Crippen LogP contribution in [0.3, 0.4) is 0 Å². The summed E-state index contributed by atoms with van der Waals surface area (Å²) < 4.78 is 2.79. The van der Waals surface area contributed by atoms with Gasteiger partial charge in [0.05, 0.1) is 0 Å². The minimum atomic E-state index is -0.233. The molecule has 1 aliphatic carbocycles. The number of rotatable bonds is 0. The number of aromatic nitrogens is 2. The Bertz CT molecular complexity index is 576. The fraction of sp³-hybridized carbons (Fsp3) is 0.500. The quantitative estimate of drug-likeness (QED) is 0.598. The van der Waals surface area contributed by atoms with Gasteiger partial charge in [-0.25, -0.2) is 4.79 Å². The summed E-state index contributed by atoms with van der Waals surface area (Å²) in [5.74, 6) is 0. The van der Waals surface area contributed by atoms with E-state index >= 15 is 0 Å². The smallest absolute Gasteiger partial charge is 0.300 e. The molecule has 0 saturated carbocycles. The van der Waals surface area contributed by atoms with Gasteiger partial charge in [-0.2, -0.15) is 0 Å². The summed E-state index contributed by atoms with van der Waals surface area (Å²) in [6.07, 6.45) is 4.48. The largest absolute Gasteiger partial charge is 0.330 e. The van der Waals surface area contributed by atoms with Crippen molar-refractivity contribution in [2.45, 2.75) is 26.2 Å². The van der Waals surface area contributed by atoms with Crippen molar-refractivity contribution in [2.24, 2.45) is 14.1 Å². The van der Waals surface area contributed by atoms with Gasteiger partial charge >= 0.3 is 5.69 Å². The Labute approximate surface area is 93.8 Å². The van der Waals surface area contributed by atoms with Gasteiger partial charge in [-0.1, -0.05) is 11.6 Å². The molecule has 0 bridgehead atoms. The molecular formula is C12H16N2O2. The first-order valence-corrected chi connectivity index (χ1v) is 5.45. The van der Waals surface area contributed by atoms with Crippen molar-refractivity contribution in [2.75, 3.05) is 0 Å². The van der Waals surface area contributed by atoms with Crippen LogP contribution >= 0.6 is 0 Å². The maximum absolute atomic E-state index is 12.0. The van der Waals surface area contributed by atoms with Crippen molar-refractivity contribution >= 4 is 0 Å². The molecule has 1 aliphatic rings. The molecular weight excluding hydrogens is 204 g/mol. The van der Waals surface area contributed by atoms with E-state index in [4.69, 9.17) is 0 Å². The van der Waals surface area contributed by atoms with Crippen LogP contribution in [-0.2, 0) is 26.9 Å². The van der Waals surface area contributed by atoms with Crippen molar-refractivity contribution in [1.29, 1.82) is 0 Å². The summed E-state index contributed by atoms with van der Waals surface area (Å²) in [6.45, 7) is 2.03. The summed E-state index contributed by atoms with van der Waals surface area (Å²) in [5.41, 5.74) is 2.49. The Morgan fingerprint density at radius 1 is 1.19 bits per heavy atom. The molecule has 1 aromatic heterocycles. The molecule has 0 fully saturated rings. The molecule has 0 aromatic carbocycles. The molecule has 86 valence electrons. The van der Waals surface area contributed by atoms with Crippen LogP contribution in [0.15, 0.2) is 21.2 Å². The van der Waals surface area contributed by atoms with Crippen LogP contribution in [0.4, 0.5) is 0 Å². The fourth-order valence-electron chi connectivity index (χ4n) is 2.26. The summed E-state index contributed by atoms with van der Waals surface area (Å²) >= 11 is 0. The zero-order chi connectivity index (χ0) is 11.9. The van der Waals surface area contributed by atoms with Crippen LogP contribution in [0.25, 0.3) is 0 Å². The van der Waals surface area contributed by atoms with E-state index in [-0.39, 0.29) is 11.2 Å². The lowest BCUT2D eigenvalue weighted by Crippen LogP contribution is -2.41. The Morgan fingerprint density at radius 2 is 1.88 bits per heavy atom. The van der Waals surface area contributed by atoms with Gasteiger partial charge in [0.2, 0.25) is 0 Å². The minimum absolute atomic E-state index is 0.146. The highest BCUT2D eigenvalue weighted by molar-refractivity contribution is 5.27. The highest BCUT2D eigenvalue weighted by Gasteiger charge is 2.17. The number of hydrogen-bond donors (Lipinski definition) is 0. The molecule has 0 aliphatic heterocycles. The van der Waals surface area contributed by atoms with Crippen molar-refractivity contribution in [3.63, 3.8) is 0 Å². The molecule has 1 aromatic rings. The van der Waals surface area contributed by atoms with E-state index in [1.54, 1.807) is 11.6 Å². The molecule has 0 amide bonds. The van der Waals surface area contributed by atoms with Crippen LogP contribution < -0.4 is 11.2 Å². The van der Waals surface area contributed by atoms with E-state index < -0.39 is 0 Å². The minimum Gasteiger partial charge on any atom is -0.300 e. The number of hydrogen-bond acceptors (Lipinski definition) is 2. The highest BCUT2D eigenvalue weighted by Crippen LogP contribution is 2.15. The van der Waals surface area contributed by atoms with Gasteiger partial charge in [0.25, 0.3) is 5.56 Å². The third-order valence-electron chi connectivity index (χ3n) is 3.22. The lowest BCUT2D eigenvalue weighted by atomic mass is 10.1. The summed E-state index contributed by atoms with van der Waals surface area (Å²) in [7, 11) is 3.27. The molecule has 4 heteroatoms. The van der Waals surface area contributed by atoms with Gasteiger partial charge in [0.15, 0.2) is 0 Å². The Balaban J connectivity index is 2.79. The number of allylic oxidation sites excluding steroid dienone is 2. The van der Waals surface area contributed by atoms with Gasteiger partial charge in [-0.3, -0.25) is 9.36 Å². The molecule has 0 spiro atoms. The Kier molecular flexibility index (Phi) is 2.58. The first-order chi connectivity index (χ1) is 7.52. The molecule has 16 heavy (non-hydrogen) atoms. The second-order valence-electron chi connectivity index (χ2n) is 4.40. The number of fused-ring (bicyclic) bond motifs is 1. The molecule has 0 unspecified atom stereocenters. The van der Waals surface area contributed by atoms with E-state index in [1.165, 1.54) is 17.2 Å². The third-order valence-corrected chi connectivity index (χ3v) is 3.22. The average Bonchev–Trinajstić information content (AvgIpc) is 2.45. The Hall–Kier alpha value is -1.58. The van der Waals surface area contributed by atoms with Crippen LogP contribution in [0.2, 0.25) is 0 Å². The molecule has 2 rings (SSSR count). The number of nitrogens with zero attached hydrogens (tertiary/aromatic N) is 2. The van der Waals surface area contributed by atoms with E-state index in [1.807, 2.05) is 6.92 Å². The monoisotopic (exact) mass is 220 g/mol. The fourth-order valence-corrected chi connectivity index (χ4v) is 2.26. The standard InChI is InChI=1S/C12H16N2O2/c1-8-5-4-6-10-9(7-8)11(15)14(3)12(16)13(10)2/h5H,4,6-7H2,1-3H3. The van der Waals surface area contributed by atoms with Crippen molar-refractivity contribution in [1.82, 2.24) is 9.13 Å². The normalized spacial score (nSPS) is 15.3. The first-order valence-electron chi connectivity index (χ1n) is 5.45. The predicted molar refractivity (Wildman–Crippen MR) is 62.7 cm³/mol. The highest BCUT2D eigenvalue weighted by atomic mass is 16.2. The third kappa shape index (κ3) is 1.54. The molecule has 4 nitrogen and oxygen atoms in total. The van der Waals surface area contributed by atoms with Gasteiger partial charge in [0.1, 0.15) is 0 Å². The lowest BCUT2D eigenvalue weighted by Gasteiger charge is -2.12. The summed E-state index contributed by atoms with van der Waals surface area (Å²) in [6, 6.07) is 0. The predicted octanol–water partition coefficient (Wildman–Crippen LogP) is 0.519. The van der Waals surface area contributed by atoms with Crippen LogP contribution in [0, 0.1) is 0 Å². The average molecular weight is 220 g/mol. The SMILES string of the molecule is CC1=CCCc2c(c(=O)n(C)c(=O)n2C)C1. The maximum Gasteiger partial charge on any atom is 0.330 e. The van der Waals surface area contributed by atoms with Gasteiger partial charge < -0.3 is 4.57 Å². The molecule has 0 N–H and O–H groups in total. The second-order valence-corrected chi connectivity index (χ2v) is 4.40. The Morgan fingerprint density at radius 3 is 2.56 bits per heavy atom. The topological polar surface area (TPSA) is 44.0 Å². The van der Waals surface area contributed by atoms with E-state index in [2.05, 4.69) is 6.08 Å². The van der Waals surface area contributed by atoms with Gasteiger partial charge in [0, 0.05) is 31.8 Å². The second kappa shape index (κ2) is 3.77. The van der Waals surface area contributed by atoms with Crippen LogP contribution in [-0.4, -0.2) is 9.13 Å². The zero-order valence-electron chi connectivity index (χ0n) is 9.91. The maximum atomic E-state index is 12.0. The molecule has 0 radical (unpaired) electrons. The molecule has 0 atom stereocenters. The van der Waals surface area contributed by atoms with Crippen molar-refractivity contribution < 1.29 is 0 Å². The summed E-state index contributed by atoms with van der Waals surface area (Å²) in [5, 5.41) is 0. The van der Waals surface area contributed by atoms with E-state index in [0.29, 0.717) is 6.42 Å². The van der Waals surface area contributed by atoms with E-state index in [9.17, 15) is 9.59 Å². The van der Waals surface area contributed by atoms with Gasteiger partial charge in [-0.15, -0.1) is 0 Å². The lowest BCUT2D eigenvalue weighted by molar-refractivity contribution is 0.636.